The van der Waals surface area contributed by atoms with E-state index in [1.165, 1.54) is 76.2 Å². The van der Waals surface area contributed by atoms with Gasteiger partial charge in [-0.25, -0.2) is 33.7 Å². The van der Waals surface area contributed by atoms with E-state index in [1.807, 2.05) is 27.7 Å². The Bertz CT molecular complexity index is 3190. The van der Waals surface area contributed by atoms with Gasteiger partial charge in [0.2, 0.25) is 16.5 Å². The van der Waals surface area contributed by atoms with Gasteiger partial charge in [-0.3, -0.25) is 0 Å². The fraction of sp³-hybridized carbons (Fsp3) is 0.300. The highest BCUT2D eigenvalue weighted by atomic mass is 35.5. The topological polar surface area (TPSA) is 134 Å². The van der Waals surface area contributed by atoms with Crippen molar-refractivity contribution < 1.29 is 8.78 Å². The van der Waals surface area contributed by atoms with Crippen molar-refractivity contribution in [3.8, 4) is 0 Å². The molecule has 0 bridgehead atoms. The number of anilines is 5. The lowest BCUT2D eigenvalue weighted by atomic mass is 9.93. The van der Waals surface area contributed by atoms with E-state index in [-0.39, 0.29) is 23.0 Å². The first-order valence-corrected chi connectivity index (χ1v) is 26.6. The molecule has 3 aromatic heterocycles. The molecule has 0 spiro atoms. The molecule has 3 aliphatic rings. The average molecular weight is 1090 g/mol. The highest BCUT2D eigenvalue weighted by Crippen LogP contribution is 2.37. The smallest absolute Gasteiger partial charge is 0.229 e. The molecule has 0 saturated carbocycles. The molecule has 6 heterocycles. The van der Waals surface area contributed by atoms with Gasteiger partial charge in [0, 0.05) is 64.3 Å². The second-order valence-corrected chi connectivity index (χ2v) is 20.1. The number of nitrogen functional groups attached to an aromatic ring is 1. The van der Waals surface area contributed by atoms with E-state index in [0.29, 0.717) is 34.2 Å². The first-order chi connectivity index (χ1) is 36.4. The quantitative estimate of drug-likeness (QED) is 0.0883. The van der Waals surface area contributed by atoms with Crippen LogP contribution in [0.5, 0.6) is 0 Å². The average Bonchev–Trinajstić information content (AvgIpc) is 3.41. The molecule has 16 heteroatoms. The number of nitrogens with two attached hydrogens (primary N) is 1. The molecule has 3 unspecified atom stereocenters. The third-order valence-corrected chi connectivity index (χ3v) is 14.8. The van der Waals surface area contributed by atoms with Crippen LogP contribution in [0.3, 0.4) is 0 Å². The minimum atomic E-state index is -0.261. The van der Waals surface area contributed by atoms with Crippen LogP contribution in [-0.2, 0) is 19.3 Å². The summed E-state index contributed by atoms with van der Waals surface area (Å²) in [4.78, 5) is 30.4. The Hall–Kier alpha value is -6.77. The second-order valence-electron chi connectivity index (χ2n) is 19.0. The van der Waals surface area contributed by atoms with Crippen molar-refractivity contribution in [2.45, 2.75) is 99.7 Å². The van der Waals surface area contributed by atoms with Crippen molar-refractivity contribution in [3.63, 3.8) is 0 Å². The molecule has 0 aliphatic carbocycles. The number of rotatable bonds is 4. The Morgan fingerprint density at radius 2 is 0.947 bits per heavy atom. The van der Waals surface area contributed by atoms with Gasteiger partial charge >= 0.3 is 0 Å². The maximum Gasteiger partial charge on any atom is 0.229 e. The van der Waals surface area contributed by atoms with Crippen LogP contribution in [0, 0.1) is 53.2 Å². The number of hydrogen-bond donors (Lipinski definition) is 3. The summed E-state index contributed by atoms with van der Waals surface area (Å²) < 4.78 is 25.2. The van der Waals surface area contributed by atoms with Crippen LogP contribution in [0.15, 0.2) is 121 Å². The first-order valence-electron chi connectivity index (χ1n) is 25.4. The van der Waals surface area contributed by atoms with Crippen LogP contribution < -0.4 is 26.2 Å². The lowest BCUT2D eigenvalue weighted by Crippen LogP contribution is -2.35. The highest BCUT2D eigenvalue weighted by molar-refractivity contribution is 6.32. The van der Waals surface area contributed by atoms with Gasteiger partial charge in [-0.15, -0.1) is 0 Å². The highest BCUT2D eigenvalue weighted by Gasteiger charge is 2.28. The molecule has 11 nitrogen and oxygen atoms in total. The van der Waals surface area contributed by atoms with Crippen LogP contribution in [0.4, 0.5) is 37.7 Å². The van der Waals surface area contributed by atoms with Gasteiger partial charge in [-0.1, -0.05) is 84.4 Å². The molecule has 396 valence electrons. The third kappa shape index (κ3) is 14.6. The van der Waals surface area contributed by atoms with Gasteiger partial charge < -0.3 is 26.2 Å². The van der Waals surface area contributed by atoms with Crippen LogP contribution in [0.1, 0.15) is 106 Å². The molecule has 0 saturated heterocycles. The van der Waals surface area contributed by atoms with Crippen LogP contribution in [-0.4, -0.2) is 49.5 Å². The predicted molar refractivity (Wildman–Crippen MR) is 308 cm³/mol. The standard InChI is InChI=1S/C22H23FN4.C16H18ClN3.C10H13N.C6H6Cl2N2.C6H6FN/c1-14-15(2)24-22(25-19-10-8-18(23)9-11-19)26-21(14)27-13-12-17-6-4-5-7-20(17)16(27)3;1-10-11(2)18-16(17)19-15(10)20-9-8-13-6-4-5-7-14(13)12(20)3;1-8-10-5-3-2-4-9(10)6-7-11-8;1-3-4(2)9-6(8)10-5(3)7;7-5-1-3-6(8)4-2-5/h4-11,16H,12-13H2,1-3H3,(H,24,25,26);4-7,12H,8-9H2,1-3H3;2-5,8,11H,6-7H2,1H3;1-2H3;1-4H,8H2. The zero-order valence-electron chi connectivity index (χ0n) is 44.6. The van der Waals surface area contributed by atoms with Crippen molar-refractivity contribution in [1.29, 1.82) is 0 Å². The fourth-order valence-corrected chi connectivity index (χ4v) is 10.0. The summed E-state index contributed by atoms with van der Waals surface area (Å²) in [6, 6.07) is 39.0. The maximum absolute atomic E-state index is 13.1. The molecular weight excluding hydrogens is 1020 g/mol. The van der Waals surface area contributed by atoms with E-state index < -0.39 is 0 Å². The Morgan fingerprint density at radius 3 is 1.45 bits per heavy atom. The summed E-state index contributed by atoms with van der Waals surface area (Å²) in [7, 11) is 0. The number of aryl methyl sites for hydroxylation is 3. The number of nitrogens with one attached hydrogen (secondary N) is 2. The molecule has 3 atom stereocenters. The van der Waals surface area contributed by atoms with Gasteiger partial charge in [0.1, 0.15) is 28.4 Å². The zero-order valence-corrected chi connectivity index (χ0v) is 46.8. The van der Waals surface area contributed by atoms with Crippen molar-refractivity contribution in [1.82, 2.24) is 35.2 Å². The molecule has 8 aromatic rings. The number of aromatic nitrogens is 6. The Kier molecular flexibility index (Phi) is 19.7. The van der Waals surface area contributed by atoms with Crippen LogP contribution in [0.25, 0.3) is 0 Å². The van der Waals surface area contributed by atoms with E-state index in [9.17, 15) is 8.78 Å². The Labute approximate surface area is 461 Å². The number of fused-ring (bicyclic) bond motifs is 3. The summed E-state index contributed by atoms with van der Waals surface area (Å²) in [6.45, 7) is 21.5. The molecule has 0 radical (unpaired) electrons. The zero-order chi connectivity index (χ0) is 54.6. The van der Waals surface area contributed by atoms with Gasteiger partial charge in [0.15, 0.2) is 0 Å². The summed E-state index contributed by atoms with van der Waals surface area (Å²) >= 11 is 17.2. The summed E-state index contributed by atoms with van der Waals surface area (Å²) in [5.74, 6) is 1.94. The van der Waals surface area contributed by atoms with Gasteiger partial charge in [-0.2, -0.15) is 4.98 Å². The normalized spacial score (nSPS) is 16.1. The molecular formula is C60H66Cl3F2N11. The van der Waals surface area contributed by atoms with Crippen molar-refractivity contribution in [2.24, 2.45) is 0 Å². The fourth-order valence-electron chi connectivity index (χ4n) is 9.34. The Morgan fingerprint density at radius 1 is 0.513 bits per heavy atom. The second kappa shape index (κ2) is 26.3. The van der Waals surface area contributed by atoms with Crippen molar-refractivity contribution >= 4 is 63.8 Å². The van der Waals surface area contributed by atoms with E-state index in [4.69, 9.17) is 45.5 Å². The number of nitrogens with zero attached hydrogens (tertiary/aromatic N) is 8. The lowest BCUT2D eigenvalue weighted by Gasteiger charge is -2.37. The Balaban J connectivity index is 0.000000150. The molecule has 4 N–H and O–H groups in total. The van der Waals surface area contributed by atoms with E-state index in [2.05, 4.69) is 153 Å². The predicted octanol–water partition coefficient (Wildman–Crippen LogP) is 14.7. The van der Waals surface area contributed by atoms with Gasteiger partial charge in [-0.05, 0) is 193 Å². The summed E-state index contributed by atoms with van der Waals surface area (Å²) in [6.07, 6.45) is 3.23. The molecule has 76 heavy (non-hydrogen) atoms. The first kappa shape index (κ1) is 56.9. The molecule has 3 aliphatic heterocycles. The van der Waals surface area contributed by atoms with Crippen LogP contribution in [0.2, 0.25) is 15.7 Å². The van der Waals surface area contributed by atoms with Gasteiger partial charge in [0.05, 0.1) is 12.1 Å². The SMILES string of the molecule is CC1NCCc2ccccc21.Cc1nc(Cl)nc(Cl)c1C.Cc1nc(Cl)nc(N2CCc3ccccc3C2C)c1C.Cc1nc(Nc2ccc(F)cc2)nc(N2CCc3ccccc3C2C)c1C.Nc1ccc(F)cc1. The van der Waals surface area contributed by atoms with E-state index >= 15 is 0 Å². The third-order valence-electron chi connectivity index (χ3n) is 14.1. The largest absolute Gasteiger partial charge is 0.399 e. The van der Waals surface area contributed by atoms with E-state index in [0.717, 1.165) is 83.6 Å². The van der Waals surface area contributed by atoms with Gasteiger partial charge in [0.25, 0.3) is 0 Å². The minimum absolute atomic E-state index is 0.202. The molecule has 0 fully saturated rings. The van der Waals surface area contributed by atoms with E-state index in [1.54, 1.807) is 12.1 Å². The number of halogens is 5. The summed E-state index contributed by atoms with van der Waals surface area (Å²) in [5, 5.41) is 7.59. The number of benzene rings is 5. The lowest BCUT2D eigenvalue weighted by molar-refractivity contribution is 0.541. The summed E-state index contributed by atoms with van der Waals surface area (Å²) in [5.41, 5.74) is 21.0. The molecule has 5 aromatic carbocycles. The van der Waals surface area contributed by atoms with Crippen LogP contribution >= 0.6 is 34.8 Å². The monoisotopic (exact) mass is 1080 g/mol. The molecule has 11 rings (SSSR count). The van der Waals surface area contributed by atoms with Crippen molar-refractivity contribution in [3.05, 3.63) is 216 Å². The molecule has 0 amide bonds. The van der Waals surface area contributed by atoms with Crippen molar-refractivity contribution in [2.75, 3.05) is 40.5 Å². The number of hydrogen-bond acceptors (Lipinski definition) is 11. The maximum atomic E-state index is 13.1. The minimum Gasteiger partial charge on any atom is -0.399 e.